The van der Waals surface area contributed by atoms with E-state index in [-0.39, 0.29) is 0 Å². The van der Waals surface area contributed by atoms with Crippen molar-refractivity contribution in [2.45, 2.75) is 31.5 Å². The van der Waals surface area contributed by atoms with E-state index in [2.05, 4.69) is 20.5 Å². The van der Waals surface area contributed by atoms with Crippen LogP contribution in [0.5, 0.6) is 11.5 Å². The van der Waals surface area contributed by atoms with Gasteiger partial charge in [0.1, 0.15) is 5.15 Å². The molecule has 1 fully saturated rings. The second-order valence-corrected chi connectivity index (χ2v) is 8.06. The number of ether oxygens (including phenoxy) is 2. The summed E-state index contributed by atoms with van der Waals surface area (Å²) in [6.07, 6.45) is 3.42. The van der Waals surface area contributed by atoms with Crippen LogP contribution < -0.4 is 9.47 Å². The van der Waals surface area contributed by atoms with Gasteiger partial charge in [-0.2, -0.15) is 0 Å². The maximum absolute atomic E-state index is 11.2. The lowest BCUT2D eigenvalue weighted by atomic mass is 9.91. The van der Waals surface area contributed by atoms with Gasteiger partial charge < -0.3 is 19.1 Å². The molecule has 6 nitrogen and oxygen atoms in total. The van der Waals surface area contributed by atoms with Crippen molar-refractivity contribution < 1.29 is 14.6 Å². The number of benzene rings is 1. The first kappa shape index (κ1) is 20.0. The molecule has 0 unspecified atom stereocenters. The van der Waals surface area contributed by atoms with Crippen molar-refractivity contribution in [1.29, 1.82) is 0 Å². The number of halogens is 1. The molecule has 0 bridgehead atoms. The molecular formula is C22H26ClN3O3. The van der Waals surface area contributed by atoms with E-state index in [1.54, 1.807) is 20.3 Å². The molecule has 3 heterocycles. The number of piperidine rings is 1. The van der Waals surface area contributed by atoms with Crippen molar-refractivity contribution in [3.05, 3.63) is 53.3 Å². The van der Waals surface area contributed by atoms with Crippen molar-refractivity contribution in [2.75, 3.05) is 27.3 Å². The van der Waals surface area contributed by atoms with Crippen LogP contribution in [0.1, 0.15) is 18.4 Å². The second kappa shape index (κ2) is 8.22. The summed E-state index contributed by atoms with van der Waals surface area (Å²) in [5.74, 6) is 1.48. The summed E-state index contributed by atoms with van der Waals surface area (Å²) in [6, 6.07) is 11.7. The Hall–Kier alpha value is -2.28. The van der Waals surface area contributed by atoms with Crippen molar-refractivity contribution in [3.63, 3.8) is 0 Å². The number of hydrogen-bond acceptors (Lipinski definition) is 5. The summed E-state index contributed by atoms with van der Waals surface area (Å²) in [5.41, 5.74) is 2.30. The Morgan fingerprint density at radius 2 is 1.83 bits per heavy atom. The van der Waals surface area contributed by atoms with Gasteiger partial charge in [-0.05, 0) is 48.7 Å². The van der Waals surface area contributed by atoms with Gasteiger partial charge >= 0.3 is 0 Å². The van der Waals surface area contributed by atoms with Gasteiger partial charge in [-0.3, -0.25) is 4.90 Å². The van der Waals surface area contributed by atoms with Crippen LogP contribution in [0.4, 0.5) is 0 Å². The molecule has 0 saturated carbocycles. The van der Waals surface area contributed by atoms with Gasteiger partial charge in [-0.1, -0.05) is 17.7 Å². The Kier molecular flexibility index (Phi) is 5.67. The predicted molar refractivity (Wildman–Crippen MR) is 114 cm³/mol. The van der Waals surface area contributed by atoms with Gasteiger partial charge in [-0.25, -0.2) is 4.98 Å². The first-order valence-corrected chi connectivity index (χ1v) is 10.1. The van der Waals surface area contributed by atoms with Crippen molar-refractivity contribution in [1.82, 2.24) is 14.5 Å². The highest BCUT2D eigenvalue weighted by atomic mass is 35.5. The van der Waals surface area contributed by atoms with Crippen LogP contribution in [-0.2, 0) is 13.1 Å². The zero-order valence-corrected chi connectivity index (χ0v) is 17.5. The van der Waals surface area contributed by atoms with Gasteiger partial charge in [-0.15, -0.1) is 0 Å². The monoisotopic (exact) mass is 415 g/mol. The van der Waals surface area contributed by atoms with Crippen molar-refractivity contribution >= 4 is 22.6 Å². The van der Waals surface area contributed by atoms with Crippen LogP contribution in [0.3, 0.4) is 0 Å². The lowest BCUT2D eigenvalue weighted by Crippen LogP contribution is -2.46. The summed E-state index contributed by atoms with van der Waals surface area (Å²) < 4.78 is 12.8. The Labute approximate surface area is 175 Å². The highest BCUT2D eigenvalue weighted by molar-refractivity contribution is 6.29. The molecule has 0 amide bonds. The van der Waals surface area contributed by atoms with Gasteiger partial charge in [0, 0.05) is 25.8 Å². The van der Waals surface area contributed by atoms with Gasteiger partial charge in [0.2, 0.25) is 0 Å². The highest BCUT2D eigenvalue weighted by Gasteiger charge is 2.33. The van der Waals surface area contributed by atoms with E-state index in [1.807, 2.05) is 30.5 Å². The zero-order valence-electron chi connectivity index (χ0n) is 16.8. The van der Waals surface area contributed by atoms with E-state index < -0.39 is 5.60 Å². The standard InChI is InChI=1S/C22H26ClN3O3/c1-28-19-5-3-16(13-20(19)29-2)14-25-11-8-22(27,9-12-25)15-26-10-7-17-18(26)4-6-21(23)24-17/h3-7,10,13,27H,8-9,11-12,14-15H2,1-2H3. The minimum absolute atomic E-state index is 0.484. The molecule has 0 atom stereocenters. The summed E-state index contributed by atoms with van der Waals surface area (Å²) in [4.78, 5) is 6.70. The van der Waals surface area contributed by atoms with Crippen molar-refractivity contribution in [3.8, 4) is 11.5 Å². The zero-order chi connectivity index (χ0) is 20.4. The Bertz CT molecular complexity index is 996. The molecule has 154 valence electrons. The fourth-order valence-electron chi connectivity index (χ4n) is 4.03. The third-order valence-corrected chi connectivity index (χ3v) is 5.91. The Balaban J connectivity index is 1.39. The number of methoxy groups -OCH3 is 2. The minimum atomic E-state index is -0.723. The Morgan fingerprint density at radius 3 is 2.55 bits per heavy atom. The fraction of sp³-hybridized carbons (Fsp3) is 0.409. The molecule has 1 aliphatic rings. The summed E-state index contributed by atoms with van der Waals surface area (Å²) in [7, 11) is 3.29. The van der Waals surface area contributed by atoms with Gasteiger partial charge in [0.25, 0.3) is 0 Å². The molecule has 1 aliphatic heterocycles. The largest absolute Gasteiger partial charge is 0.493 e. The lowest BCUT2D eigenvalue weighted by molar-refractivity contribution is -0.0349. The quantitative estimate of drug-likeness (QED) is 0.621. The topological polar surface area (TPSA) is 59.8 Å². The summed E-state index contributed by atoms with van der Waals surface area (Å²) >= 11 is 5.98. The molecule has 1 aromatic carbocycles. The number of fused-ring (bicyclic) bond motifs is 1. The number of aliphatic hydroxyl groups is 1. The predicted octanol–water partition coefficient (Wildman–Crippen LogP) is 3.73. The third-order valence-electron chi connectivity index (χ3n) is 5.70. The van der Waals surface area contributed by atoms with E-state index in [0.29, 0.717) is 11.7 Å². The first-order valence-electron chi connectivity index (χ1n) is 9.77. The molecule has 0 spiro atoms. The molecule has 2 aromatic heterocycles. The van der Waals surface area contributed by atoms with Crippen LogP contribution in [0.25, 0.3) is 11.0 Å². The average Bonchev–Trinajstić information content (AvgIpc) is 3.11. The van der Waals surface area contributed by atoms with E-state index in [1.165, 1.54) is 5.56 Å². The average molecular weight is 416 g/mol. The van der Waals surface area contributed by atoms with Gasteiger partial charge in [0.15, 0.2) is 11.5 Å². The fourth-order valence-corrected chi connectivity index (χ4v) is 4.18. The molecule has 29 heavy (non-hydrogen) atoms. The van der Waals surface area contributed by atoms with Gasteiger partial charge in [0.05, 0.1) is 37.4 Å². The maximum atomic E-state index is 11.2. The summed E-state index contributed by atoms with van der Waals surface area (Å²) in [5, 5.41) is 11.6. The van der Waals surface area contributed by atoms with E-state index in [0.717, 1.165) is 55.0 Å². The SMILES string of the molecule is COc1ccc(CN2CCC(O)(Cn3ccc4nc(Cl)ccc43)CC2)cc1OC. The number of aromatic nitrogens is 2. The van der Waals surface area contributed by atoms with E-state index in [4.69, 9.17) is 21.1 Å². The third kappa shape index (κ3) is 4.34. The summed E-state index contributed by atoms with van der Waals surface area (Å²) in [6.45, 7) is 3.07. The molecular weight excluding hydrogens is 390 g/mol. The highest BCUT2D eigenvalue weighted by Crippen LogP contribution is 2.30. The number of rotatable bonds is 6. The lowest BCUT2D eigenvalue weighted by Gasteiger charge is -2.38. The van der Waals surface area contributed by atoms with E-state index in [9.17, 15) is 5.11 Å². The molecule has 3 aromatic rings. The number of nitrogens with zero attached hydrogens (tertiary/aromatic N) is 3. The molecule has 0 radical (unpaired) electrons. The van der Waals surface area contributed by atoms with Crippen LogP contribution in [0.2, 0.25) is 5.15 Å². The smallest absolute Gasteiger partial charge is 0.161 e. The van der Waals surface area contributed by atoms with E-state index >= 15 is 0 Å². The van der Waals surface area contributed by atoms with Crippen LogP contribution in [0, 0.1) is 0 Å². The maximum Gasteiger partial charge on any atom is 0.161 e. The van der Waals surface area contributed by atoms with Crippen molar-refractivity contribution in [2.24, 2.45) is 0 Å². The number of hydrogen-bond donors (Lipinski definition) is 1. The van der Waals surface area contributed by atoms with Crippen LogP contribution in [-0.4, -0.2) is 52.5 Å². The molecule has 1 saturated heterocycles. The molecule has 4 rings (SSSR count). The van der Waals surface area contributed by atoms with Crippen LogP contribution >= 0.6 is 11.6 Å². The molecule has 0 aliphatic carbocycles. The Morgan fingerprint density at radius 1 is 1.07 bits per heavy atom. The first-order chi connectivity index (χ1) is 14.0. The number of pyridine rings is 1. The molecule has 7 heteroatoms. The number of likely N-dealkylation sites (tertiary alicyclic amines) is 1. The molecule has 1 N–H and O–H groups in total. The normalized spacial score (nSPS) is 16.8. The second-order valence-electron chi connectivity index (χ2n) is 7.67. The van der Waals surface area contributed by atoms with Crippen LogP contribution in [0.15, 0.2) is 42.6 Å². The minimum Gasteiger partial charge on any atom is -0.493 e.